The lowest BCUT2D eigenvalue weighted by Crippen LogP contribution is -2.48. The van der Waals surface area contributed by atoms with Crippen molar-refractivity contribution in [1.29, 1.82) is 0 Å². The molecule has 1 aromatic heterocycles. The number of carbonyl (C=O) groups excluding carboxylic acids is 1. The molecule has 0 unspecified atom stereocenters. The van der Waals surface area contributed by atoms with Crippen molar-refractivity contribution in [2.24, 2.45) is 5.92 Å². The molecule has 0 radical (unpaired) electrons. The molecule has 2 atom stereocenters. The first-order valence-electron chi connectivity index (χ1n) is 6.11. The highest BCUT2D eigenvalue weighted by atomic mass is 32.1. The molecule has 1 fully saturated rings. The number of thiophene rings is 1. The lowest BCUT2D eigenvalue weighted by atomic mass is 9.90. The molecular weight excluding hydrogens is 250 g/mol. The van der Waals surface area contributed by atoms with E-state index in [1.807, 2.05) is 26.0 Å². The van der Waals surface area contributed by atoms with E-state index in [0.29, 0.717) is 17.8 Å². The summed E-state index contributed by atoms with van der Waals surface area (Å²) in [5, 5.41) is 9.15. The molecule has 0 spiro atoms. The summed E-state index contributed by atoms with van der Waals surface area (Å²) in [7, 11) is 0. The van der Waals surface area contributed by atoms with Crippen molar-refractivity contribution in [3.05, 3.63) is 21.9 Å². The van der Waals surface area contributed by atoms with Crippen LogP contribution >= 0.6 is 11.3 Å². The zero-order valence-electron chi connectivity index (χ0n) is 10.5. The molecule has 5 heteroatoms. The third-order valence-electron chi connectivity index (χ3n) is 3.52. The van der Waals surface area contributed by atoms with Gasteiger partial charge in [0.2, 0.25) is 0 Å². The molecule has 1 aromatic rings. The predicted molar refractivity (Wildman–Crippen MR) is 69.9 cm³/mol. The number of piperidine rings is 1. The molecule has 2 heterocycles. The first-order valence-corrected chi connectivity index (χ1v) is 6.92. The first-order chi connectivity index (χ1) is 8.50. The van der Waals surface area contributed by atoms with Crippen molar-refractivity contribution in [2.75, 3.05) is 6.54 Å². The standard InChI is InChI=1S/C13H17NO3S/c1-8-5-6-11(18-8)12(15)14-7-3-4-10(9(14)2)13(16)17/h5-6,9-10H,3-4,7H2,1-2H3,(H,16,17)/t9-,10-/m1/s1. The van der Waals surface area contributed by atoms with Gasteiger partial charge in [-0.25, -0.2) is 0 Å². The topological polar surface area (TPSA) is 57.6 Å². The van der Waals surface area contributed by atoms with E-state index in [0.717, 1.165) is 11.3 Å². The fourth-order valence-corrected chi connectivity index (χ4v) is 3.27. The molecule has 98 valence electrons. The summed E-state index contributed by atoms with van der Waals surface area (Å²) in [6.07, 6.45) is 1.42. The van der Waals surface area contributed by atoms with Gasteiger partial charge in [-0.3, -0.25) is 9.59 Å². The third-order valence-corrected chi connectivity index (χ3v) is 4.51. The number of nitrogens with zero attached hydrogens (tertiary/aromatic N) is 1. The molecule has 0 aromatic carbocycles. The van der Waals surface area contributed by atoms with E-state index in [4.69, 9.17) is 5.11 Å². The zero-order chi connectivity index (χ0) is 13.3. The van der Waals surface area contributed by atoms with Crippen molar-refractivity contribution in [3.8, 4) is 0 Å². The van der Waals surface area contributed by atoms with Crippen LogP contribution in [0.1, 0.15) is 34.3 Å². The zero-order valence-corrected chi connectivity index (χ0v) is 11.4. The summed E-state index contributed by atoms with van der Waals surface area (Å²) in [5.41, 5.74) is 0. The van der Waals surface area contributed by atoms with Gasteiger partial charge in [0.15, 0.2) is 0 Å². The minimum Gasteiger partial charge on any atom is -0.481 e. The van der Waals surface area contributed by atoms with E-state index in [1.54, 1.807) is 4.90 Å². The second kappa shape index (κ2) is 5.10. The first kappa shape index (κ1) is 13.1. The van der Waals surface area contributed by atoms with Gasteiger partial charge in [0, 0.05) is 17.5 Å². The number of hydrogen-bond acceptors (Lipinski definition) is 3. The fourth-order valence-electron chi connectivity index (χ4n) is 2.45. The number of aliphatic carboxylic acids is 1. The maximum Gasteiger partial charge on any atom is 0.308 e. The smallest absolute Gasteiger partial charge is 0.308 e. The Hall–Kier alpha value is -1.36. The van der Waals surface area contributed by atoms with Crippen LogP contribution in [0.2, 0.25) is 0 Å². The van der Waals surface area contributed by atoms with Gasteiger partial charge in [-0.1, -0.05) is 0 Å². The number of rotatable bonds is 2. The number of carboxylic acids is 1. The average Bonchev–Trinajstić information content (AvgIpc) is 2.75. The van der Waals surface area contributed by atoms with Crippen molar-refractivity contribution >= 4 is 23.2 Å². The minimum atomic E-state index is -0.803. The summed E-state index contributed by atoms with van der Waals surface area (Å²) >= 11 is 1.46. The normalized spacial score (nSPS) is 24.0. The molecule has 0 saturated carbocycles. The Morgan fingerprint density at radius 1 is 1.44 bits per heavy atom. The lowest BCUT2D eigenvalue weighted by Gasteiger charge is -2.37. The van der Waals surface area contributed by atoms with Crippen LogP contribution < -0.4 is 0 Å². The second-order valence-electron chi connectivity index (χ2n) is 4.74. The molecule has 1 saturated heterocycles. The third kappa shape index (κ3) is 2.41. The maximum absolute atomic E-state index is 12.3. The second-order valence-corrected chi connectivity index (χ2v) is 6.02. The van der Waals surface area contributed by atoms with Crippen LogP contribution in [0.4, 0.5) is 0 Å². The number of amides is 1. The molecule has 0 aliphatic carbocycles. The Morgan fingerprint density at radius 3 is 2.72 bits per heavy atom. The van der Waals surface area contributed by atoms with Gasteiger partial charge in [-0.2, -0.15) is 0 Å². The number of hydrogen-bond donors (Lipinski definition) is 1. The quantitative estimate of drug-likeness (QED) is 0.895. The molecule has 1 aliphatic rings. The van der Waals surface area contributed by atoms with Crippen molar-refractivity contribution < 1.29 is 14.7 Å². The Morgan fingerprint density at radius 2 is 2.17 bits per heavy atom. The molecule has 1 N–H and O–H groups in total. The number of carbonyl (C=O) groups is 2. The molecule has 18 heavy (non-hydrogen) atoms. The van der Waals surface area contributed by atoms with E-state index in [9.17, 15) is 9.59 Å². The molecule has 0 bridgehead atoms. The lowest BCUT2D eigenvalue weighted by molar-refractivity contribution is -0.144. The fraction of sp³-hybridized carbons (Fsp3) is 0.538. The highest BCUT2D eigenvalue weighted by Crippen LogP contribution is 2.27. The predicted octanol–water partition coefficient (Wildman–Crippen LogP) is 2.38. The Balaban J connectivity index is 2.17. The SMILES string of the molecule is Cc1ccc(C(=O)N2CCC[C@@H](C(=O)O)[C@H]2C)s1. The highest BCUT2D eigenvalue weighted by molar-refractivity contribution is 7.13. The van der Waals surface area contributed by atoms with E-state index >= 15 is 0 Å². The molecular formula is C13H17NO3S. The van der Waals surface area contributed by atoms with Gasteiger partial charge < -0.3 is 10.0 Å². The number of carboxylic acid groups (broad SMARTS) is 1. The summed E-state index contributed by atoms with van der Waals surface area (Å²) < 4.78 is 0. The Bertz CT molecular complexity index is 469. The van der Waals surface area contributed by atoms with Crippen molar-refractivity contribution in [2.45, 2.75) is 32.7 Å². The van der Waals surface area contributed by atoms with Gasteiger partial charge >= 0.3 is 5.97 Å². The maximum atomic E-state index is 12.3. The summed E-state index contributed by atoms with van der Waals surface area (Å²) in [4.78, 5) is 27.0. The van der Waals surface area contributed by atoms with Gasteiger partial charge in [0.05, 0.1) is 10.8 Å². The van der Waals surface area contributed by atoms with Crippen molar-refractivity contribution in [1.82, 2.24) is 4.90 Å². The van der Waals surface area contributed by atoms with E-state index < -0.39 is 11.9 Å². The van der Waals surface area contributed by atoms with E-state index in [1.165, 1.54) is 11.3 Å². The van der Waals surface area contributed by atoms with Gasteiger partial charge in [0.25, 0.3) is 5.91 Å². The van der Waals surface area contributed by atoms with Crippen LogP contribution in [-0.4, -0.2) is 34.5 Å². The van der Waals surface area contributed by atoms with Crippen LogP contribution in [-0.2, 0) is 4.79 Å². The number of aryl methyl sites for hydroxylation is 1. The summed E-state index contributed by atoms with van der Waals surface area (Å²) in [6.45, 7) is 4.44. The van der Waals surface area contributed by atoms with Crippen LogP contribution in [0.25, 0.3) is 0 Å². The summed E-state index contributed by atoms with van der Waals surface area (Å²) in [5.74, 6) is -1.28. The molecule has 1 amide bonds. The minimum absolute atomic E-state index is 0.0356. The van der Waals surface area contributed by atoms with Gasteiger partial charge in [0.1, 0.15) is 0 Å². The van der Waals surface area contributed by atoms with Gasteiger partial charge in [-0.15, -0.1) is 11.3 Å². The van der Waals surface area contributed by atoms with Gasteiger partial charge in [-0.05, 0) is 38.8 Å². The van der Waals surface area contributed by atoms with Crippen LogP contribution in [0.5, 0.6) is 0 Å². The van der Waals surface area contributed by atoms with E-state index in [2.05, 4.69) is 0 Å². The van der Waals surface area contributed by atoms with Crippen molar-refractivity contribution in [3.63, 3.8) is 0 Å². The largest absolute Gasteiger partial charge is 0.481 e. The Labute approximate surface area is 110 Å². The molecule has 1 aliphatic heterocycles. The monoisotopic (exact) mass is 267 g/mol. The average molecular weight is 267 g/mol. The number of likely N-dealkylation sites (tertiary alicyclic amines) is 1. The van der Waals surface area contributed by atoms with Crippen LogP contribution in [0.15, 0.2) is 12.1 Å². The van der Waals surface area contributed by atoms with Crippen LogP contribution in [0.3, 0.4) is 0 Å². The Kier molecular flexibility index (Phi) is 3.71. The van der Waals surface area contributed by atoms with Crippen LogP contribution in [0, 0.1) is 12.8 Å². The van der Waals surface area contributed by atoms with E-state index in [-0.39, 0.29) is 11.9 Å². The molecule has 2 rings (SSSR count). The summed E-state index contributed by atoms with van der Waals surface area (Å²) in [6, 6.07) is 3.51. The highest BCUT2D eigenvalue weighted by Gasteiger charge is 2.35. The molecule has 4 nitrogen and oxygen atoms in total.